The van der Waals surface area contributed by atoms with Gasteiger partial charge in [-0.2, -0.15) is 0 Å². The lowest BCUT2D eigenvalue weighted by Gasteiger charge is -2.62. The Morgan fingerprint density at radius 3 is 2.21 bits per heavy atom. The standard InChI is InChI=1S/C28H50/c1-19(2)9-7-10-20(3)24-14-15-25-22-12-13-23-21(4)11-8-17-27(23,5)26(22)16-18-28(24,25)6/h19-26H,7-18H2,1-6H3. The molecule has 0 aromatic rings. The molecule has 0 aromatic carbocycles. The molecule has 0 saturated heterocycles. The van der Waals surface area contributed by atoms with Gasteiger partial charge in [-0.05, 0) is 103 Å². The van der Waals surface area contributed by atoms with Gasteiger partial charge in [0.05, 0.1) is 0 Å². The summed E-state index contributed by atoms with van der Waals surface area (Å²) in [6.45, 7) is 15.5. The van der Waals surface area contributed by atoms with Crippen LogP contribution in [0.5, 0.6) is 0 Å². The second-order valence-electron chi connectivity index (χ2n) is 13.0. The van der Waals surface area contributed by atoms with E-state index in [1.54, 1.807) is 44.9 Å². The summed E-state index contributed by atoms with van der Waals surface area (Å²) >= 11 is 0. The summed E-state index contributed by atoms with van der Waals surface area (Å²) < 4.78 is 0. The molecule has 4 rings (SSSR count). The van der Waals surface area contributed by atoms with Crippen molar-refractivity contribution in [3.8, 4) is 0 Å². The van der Waals surface area contributed by atoms with E-state index in [1.807, 2.05) is 0 Å². The van der Waals surface area contributed by atoms with Crippen molar-refractivity contribution in [2.75, 3.05) is 0 Å². The molecule has 0 nitrogen and oxygen atoms in total. The predicted octanol–water partition coefficient (Wildman–Crippen LogP) is 8.74. The molecular formula is C28H50. The minimum absolute atomic E-state index is 0.669. The zero-order chi connectivity index (χ0) is 20.1. The van der Waals surface area contributed by atoms with Gasteiger partial charge in [-0.25, -0.2) is 0 Å². The number of hydrogen-bond donors (Lipinski definition) is 0. The maximum Gasteiger partial charge on any atom is -0.0264 e. The summed E-state index contributed by atoms with van der Waals surface area (Å²) in [6.07, 6.45) is 18.3. The van der Waals surface area contributed by atoms with Crippen LogP contribution in [0.15, 0.2) is 0 Å². The van der Waals surface area contributed by atoms with E-state index in [0.29, 0.717) is 10.8 Å². The van der Waals surface area contributed by atoms with Crippen LogP contribution in [0.25, 0.3) is 0 Å². The quantitative estimate of drug-likeness (QED) is 0.443. The second-order valence-corrected chi connectivity index (χ2v) is 13.0. The van der Waals surface area contributed by atoms with E-state index in [9.17, 15) is 0 Å². The fourth-order valence-corrected chi connectivity index (χ4v) is 9.82. The first-order valence-corrected chi connectivity index (χ1v) is 13.3. The molecule has 28 heavy (non-hydrogen) atoms. The average Bonchev–Trinajstić information content (AvgIpc) is 2.98. The largest absolute Gasteiger partial charge is 0.0628 e. The summed E-state index contributed by atoms with van der Waals surface area (Å²) in [5.74, 6) is 8.06. The van der Waals surface area contributed by atoms with Crippen molar-refractivity contribution in [2.24, 2.45) is 58.2 Å². The molecule has 9 unspecified atom stereocenters. The molecule has 0 bridgehead atoms. The van der Waals surface area contributed by atoms with E-state index in [-0.39, 0.29) is 0 Å². The number of fused-ring (bicyclic) bond motifs is 5. The predicted molar refractivity (Wildman–Crippen MR) is 122 cm³/mol. The monoisotopic (exact) mass is 386 g/mol. The summed E-state index contributed by atoms with van der Waals surface area (Å²) in [6, 6.07) is 0. The molecule has 4 saturated carbocycles. The van der Waals surface area contributed by atoms with Crippen LogP contribution >= 0.6 is 0 Å². The van der Waals surface area contributed by atoms with Gasteiger partial charge < -0.3 is 0 Å². The summed E-state index contributed by atoms with van der Waals surface area (Å²) in [5, 5.41) is 0. The van der Waals surface area contributed by atoms with Gasteiger partial charge in [-0.15, -0.1) is 0 Å². The van der Waals surface area contributed by atoms with Gasteiger partial charge in [0.15, 0.2) is 0 Å². The minimum Gasteiger partial charge on any atom is -0.0628 e. The third-order valence-corrected chi connectivity index (χ3v) is 11.2. The van der Waals surface area contributed by atoms with Crippen LogP contribution in [0.3, 0.4) is 0 Å². The van der Waals surface area contributed by atoms with Crippen molar-refractivity contribution in [2.45, 2.75) is 119 Å². The van der Waals surface area contributed by atoms with Gasteiger partial charge in [0.1, 0.15) is 0 Å². The molecule has 0 spiro atoms. The normalized spacial score (nSPS) is 49.4. The highest BCUT2D eigenvalue weighted by Gasteiger charge is 2.60. The average molecular weight is 387 g/mol. The molecule has 0 N–H and O–H groups in total. The Bertz CT molecular complexity index is 534. The molecule has 162 valence electrons. The molecule has 9 atom stereocenters. The smallest absolute Gasteiger partial charge is 0.0264 e. The first kappa shape index (κ1) is 21.2. The van der Waals surface area contributed by atoms with Gasteiger partial charge in [-0.3, -0.25) is 0 Å². The van der Waals surface area contributed by atoms with Gasteiger partial charge in [0, 0.05) is 0 Å². The van der Waals surface area contributed by atoms with E-state index >= 15 is 0 Å². The van der Waals surface area contributed by atoms with Crippen LogP contribution < -0.4 is 0 Å². The Labute approximate surface area is 177 Å². The van der Waals surface area contributed by atoms with E-state index < -0.39 is 0 Å². The number of hydrogen-bond acceptors (Lipinski definition) is 0. The highest BCUT2D eigenvalue weighted by molar-refractivity contribution is 5.09. The topological polar surface area (TPSA) is 0 Å². The highest BCUT2D eigenvalue weighted by Crippen LogP contribution is 2.68. The molecule has 4 aliphatic carbocycles. The van der Waals surface area contributed by atoms with E-state index in [1.165, 1.54) is 32.1 Å². The first-order valence-electron chi connectivity index (χ1n) is 13.3. The molecule has 0 aliphatic heterocycles. The third kappa shape index (κ3) is 3.41. The third-order valence-electron chi connectivity index (χ3n) is 11.2. The molecule has 0 heteroatoms. The SMILES string of the molecule is CC(C)CCCC(C)C1CCC2C3CCC4C(C)CCCC4(C)C3CCC12C. The Morgan fingerprint density at radius 2 is 1.46 bits per heavy atom. The van der Waals surface area contributed by atoms with Crippen LogP contribution in [-0.4, -0.2) is 0 Å². The molecule has 0 amide bonds. The maximum absolute atomic E-state index is 2.75. The van der Waals surface area contributed by atoms with Crippen LogP contribution in [0.1, 0.15) is 119 Å². The molecule has 0 heterocycles. The van der Waals surface area contributed by atoms with Crippen molar-refractivity contribution in [1.29, 1.82) is 0 Å². The van der Waals surface area contributed by atoms with Gasteiger partial charge in [0.25, 0.3) is 0 Å². The van der Waals surface area contributed by atoms with Crippen molar-refractivity contribution in [1.82, 2.24) is 0 Å². The summed E-state index contributed by atoms with van der Waals surface area (Å²) in [5.41, 5.74) is 1.35. The fourth-order valence-electron chi connectivity index (χ4n) is 9.82. The van der Waals surface area contributed by atoms with Gasteiger partial charge in [-0.1, -0.05) is 73.6 Å². The molecule has 4 aliphatic rings. The van der Waals surface area contributed by atoms with Crippen molar-refractivity contribution < 1.29 is 0 Å². The summed E-state index contributed by atoms with van der Waals surface area (Å²) in [7, 11) is 0. The lowest BCUT2D eigenvalue weighted by atomic mass is 9.43. The van der Waals surface area contributed by atoms with Crippen LogP contribution in [-0.2, 0) is 0 Å². The maximum atomic E-state index is 2.75. The molecular weight excluding hydrogens is 336 g/mol. The van der Waals surface area contributed by atoms with Crippen LogP contribution in [0, 0.1) is 58.2 Å². The zero-order valence-corrected chi connectivity index (χ0v) is 20.1. The fraction of sp³-hybridized carbons (Fsp3) is 1.00. The van der Waals surface area contributed by atoms with Gasteiger partial charge in [0.2, 0.25) is 0 Å². The Kier molecular flexibility index (Phi) is 6.01. The Balaban J connectivity index is 1.47. The number of rotatable bonds is 5. The Morgan fingerprint density at radius 1 is 0.750 bits per heavy atom. The Hall–Kier alpha value is 0. The zero-order valence-electron chi connectivity index (χ0n) is 20.1. The lowest BCUT2D eigenvalue weighted by Crippen LogP contribution is -2.54. The van der Waals surface area contributed by atoms with Crippen molar-refractivity contribution in [3.05, 3.63) is 0 Å². The lowest BCUT2D eigenvalue weighted by molar-refractivity contribution is -0.127. The highest BCUT2D eigenvalue weighted by atomic mass is 14.7. The van der Waals surface area contributed by atoms with E-state index in [2.05, 4.69) is 41.5 Å². The van der Waals surface area contributed by atoms with Crippen LogP contribution in [0.2, 0.25) is 0 Å². The second kappa shape index (κ2) is 7.92. The summed E-state index contributed by atoms with van der Waals surface area (Å²) in [4.78, 5) is 0. The van der Waals surface area contributed by atoms with Crippen molar-refractivity contribution in [3.63, 3.8) is 0 Å². The van der Waals surface area contributed by atoms with E-state index in [4.69, 9.17) is 0 Å². The molecule has 0 aromatic heterocycles. The molecule has 4 fully saturated rings. The van der Waals surface area contributed by atoms with Crippen molar-refractivity contribution >= 4 is 0 Å². The van der Waals surface area contributed by atoms with E-state index in [0.717, 1.165) is 47.3 Å². The minimum atomic E-state index is 0.669. The van der Waals surface area contributed by atoms with Crippen LogP contribution in [0.4, 0.5) is 0 Å². The molecule has 0 radical (unpaired) electrons. The van der Waals surface area contributed by atoms with Gasteiger partial charge >= 0.3 is 0 Å². The first-order chi connectivity index (χ1) is 13.3.